The summed E-state index contributed by atoms with van der Waals surface area (Å²) in [5, 5.41) is 0. The van der Waals surface area contributed by atoms with Gasteiger partial charge in [0.15, 0.2) is 0 Å². The van der Waals surface area contributed by atoms with Gasteiger partial charge in [-0.25, -0.2) is 4.98 Å². The third-order valence-corrected chi connectivity index (χ3v) is 3.05. The zero-order valence-corrected chi connectivity index (χ0v) is 9.10. The smallest absolute Gasteiger partial charge is 0.142 e. The average molecular weight is 217 g/mol. The maximum atomic E-state index is 5.79. The van der Waals surface area contributed by atoms with E-state index in [0.717, 1.165) is 36.5 Å². The Morgan fingerprint density at radius 1 is 1.38 bits per heavy atom. The number of nitrogen functional groups attached to an aromatic ring is 1. The van der Waals surface area contributed by atoms with E-state index in [2.05, 4.69) is 4.98 Å². The van der Waals surface area contributed by atoms with Crippen LogP contribution in [0.15, 0.2) is 24.5 Å². The Hall–Kier alpha value is -1.55. The molecule has 4 nitrogen and oxygen atoms in total. The number of aromatic nitrogens is 2. The molecule has 2 aromatic heterocycles. The molecule has 0 bridgehead atoms. The van der Waals surface area contributed by atoms with E-state index in [1.807, 2.05) is 28.9 Å². The van der Waals surface area contributed by atoms with Gasteiger partial charge in [0.05, 0.1) is 11.7 Å². The zero-order valence-electron chi connectivity index (χ0n) is 9.10. The van der Waals surface area contributed by atoms with Crippen molar-refractivity contribution in [2.45, 2.75) is 25.4 Å². The number of hydrogen-bond donors (Lipinski definition) is 1. The van der Waals surface area contributed by atoms with Crippen molar-refractivity contribution in [3.05, 3.63) is 30.4 Å². The first-order valence-electron chi connectivity index (χ1n) is 5.69. The third-order valence-electron chi connectivity index (χ3n) is 3.05. The Bertz CT molecular complexity index is 500. The van der Waals surface area contributed by atoms with Crippen LogP contribution in [0.5, 0.6) is 0 Å². The minimum Gasteiger partial charge on any atom is -0.398 e. The Morgan fingerprint density at radius 2 is 2.31 bits per heavy atom. The Balaban J connectivity index is 2.05. The van der Waals surface area contributed by atoms with Crippen molar-refractivity contribution >= 4 is 11.2 Å². The minimum absolute atomic E-state index is 0.123. The molecule has 3 heterocycles. The summed E-state index contributed by atoms with van der Waals surface area (Å²) in [6, 6.07) is 3.87. The highest BCUT2D eigenvalue weighted by Gasteiger charge is 2.20. The van der Waals surface area contributed by atoms with Crippen molar-refractivity contribution in [1.29, 1.82) is 0 Å². The molecule has 0 aromatic carbocycles. The predicted molar refractivity (Wildman–Crippen MR) is 62.1 cm³/mol. The summed E-state index contributed by atoms with van der Waals surface area (Å²) in [6.07, 6.45) is 7.32. The number of fused-ring (bicyclic) bond motifs is 1. The van der Waals surface area contributed by atoms with Crippen molar-refractivity contribution in [2.75, 3.05) is 12.3 Å². The molecule has 0 radical (unpaired) electrons. The second kappa shape index (κ2) is 3.79. The number of hydrogen-bond acceptors (Lipinski definition) is 3. The molecule has 0 spiro atoms. The van der Waals surface area contributed by atoms with Crippen molar-refractivity contribution < 1.29 is 4.74 Å². The molecule has 2 N–H and O–H groups in total. The van der Waals surface area contributed by atoms with Gasteiger partial charge in [-0.1, -0.05) is 0 Å². The third kappa shape index (κ3) is 1.55. The number of imidazole rings is 1. The van der Waals surface area contributed by atoms with Gasteiger partial charge in [-0.3, -0.25) is 4.40 Å². The van der Waals surface area contributed by atoms with E-state index in [1.54, 1.807) is 0 Å². The Kier molecular flexibility index (Phi) is 2.29. The van der Waals surface area contributed by atoms with Gasteiger partial charge in [-0.2, -0.15) is 0 Å². The molecule has 1 aliphatic rings. The first-order valence-corrected chi connectivity index (χ1v) is 5.69. The van der Waals surface area contributed by atoms with Gasteiger partial charge in [0.25, 0.3) is 0 Å². The molecule has 0 saturated carbocycles. The van der Waals surface area contributed by atoms with Crippen molar-refractivity contribution in [3.63, 3.8) is 0 Å². The second-order valence-corrected chi connectivity index (χ2v) is 4.23. The van der Waals surface area contributed by atoms with Crippen LogP contribution >= 0.6 is 0 Å². The van der Waals surface area contributed by atoms with Gasteiger partial charge >= 0.3 is 0 Å². The zero-order chi connectivity index (χ0) is 11.0. The topological polar surface area (TPSA) is 52.5 Å². The highest BCUT2D eigenvalue weighted by atomic mass is 16.5. The molecular formula is C12H15N3O. The molecule has 1 aliphatic heterocycles. The summed E-state index contributed by atoms with van der Waals surface area (Å²) in [6.45, 7) is 0.835. The van der Waals surface area contributed by atoms with E-state index in [9.17, 15) is 0 Å². The van der Waals surface area contributed by atoms with Crippen LogP contribution in [0.25, 0.3) is 5.52 Å². The predicted octanol–water partition coefficient (Wildman–Crippen LogP) is 2.16. The maximum absolute atomic E-state index is 5.79. The standard InChI is InChI=1S/C12H15N3O/c13-9-4-5-10-7-14-12(15(10)8-9)11-3-1-2-6-16-11/h4-5,7-8,11H,1-3,6,13H2. The molecule has 3 rings (SSSR count). The summed E-state index contributed by atoms with van der Waals surface area (Å²) < 4.78 is 7.78. The highest BCUT2D eigenvalue weighted by molar-refractivity contribution is 5.52. The number of anilines is 1. The van der Waals surface area contributed by atoms with Crippen molar-refractivity contribution in [2.24, 2.45) is 0 Å². The molecule has 2 aromatic rings. The molecule has 0 amide bonds. The van der Waals surface area contributed by atoms with E-state index in [-0.39, 0.29) is 6.10 Å². The monoisotopic (exact) mass is 217 g/mol. The highest BCUT2D eigenvalue weighted by Crippen LogP contribution is 2.27. The molecule has 1 unspecified atom stereocenters. The van der Waals surface area contributed by atoms with Gasteiger partial charge in [0.2, 0.25) is 0 Å². The fourth-order valence-corrected chi connectivity index (χ4v) is 2.21. The lowest BCUT2D eigenvalue weighted by atomic mass is 10.1. The van der Waals surface area contributed by atoms with Gasteiger partial charge < -0.3 is 10.5 Å². The van der Waals surface area contributed by atoms with Gasteiger partial charge in [-0.15, -0.1) is 0 Å². The summed E-state index contributed by atoms with van der Waals surface area (Å²) >= 11 is 0. The number of rotatable bonds is 1. The van der Waals surface area contributed by atoms with E-state index in [0.29, 0.717) is 0 Å². The largest absolute Gasteiger partial charge is 0.398 e. The summed E-state index contributed by atoms with van der Waals surface area (Å²) in [7, 11) is 0. The lowest BCUT2D eigenvalue weighted by molar-refractivity contribution is 0.00916. The summed E-state index contributed by atoms with van der Waals surface area (Å²) in [5.41, 5.74) is 7.61. The first-order chi connectivity index (χ1) is 7.84. The number of nitrogens with zero attached hydrogens (tertiary/aromatic N) is 2. The van der Waals surface area contributed by atoms with E-state index in [4.69, 9.17) is 10.5 Å². The molecule has 0 aliphatic carbocycles. The van der Waals surface area contributed by atoms with Crippen LogP contribution in [0.4, 0.5) is 5.69 Å². The number of ether oxygens (including phenoxy) is 1. The van der Waals surface area contributed by atoms with E-state index < -0.39 is 0 Å². The van der Waals surface area contributed by atoms with Crippen LogP contribution < -0.4 is 5.73 Å². The van der Waals surface area contributed by atoms with E-state index >= 15 is 0 Å². The SMILES string of the molecule is Nc1ccc2cnc(C3CCCCO3)n2c1. The molecule has 1 fully saturated rings. The lowest BCUT2D eigenvalue weighted by Gasteiger charge is -2.21. The normalized spacial score (nSPS) is 21.4. The Morgan fingerprint density at radius 3 is 3.12 bits per heavy atom. The number of pyridine rings is 1. The van der Waals surface area contributed by atoms with Crippen LogP contribution in [-0.4, -0.2) is 16.0 Å². The van der Waals surface area contributed by atoms with Crippen LogP contribution in [-0.2, 0) is 4.74 Å². The molecule has 4 heteroatoms. The molecule has 1 saturated heterocycles. The van der Waals surface area contributed by atoms with Crippen LogP contribution in [0.2, 0.25) is 0 Å². The summed E-state index contributed by atoms with van der Waals surface area (Å²) in [4.78, 5) is 4.44. The van der Waals surface area contributed by atoms with E-state index in [1.165, 1.54) is 6.42 Å². The van der Waals surface area contributed by atoms with Gasteiger partial charge in [0, 0.05) is 18.5 Å². The number of nitrogens with two attached hydrogens (primary N) is 1. The fourth-order valence-electron chi connectivity index (χ4n) is 2.21. The molecule has 84 valence electrons. The van der Waals surface area contributed by atoms with Crippen molar-refractivity contribution in [1.82, 2.24) is 9.38 Å². The van der Waals surface area contributed by atoms with Crippen LogP contribution in [0.3, 0.4) is 0 Å². The Labute approximate surface area is 94.0 Å². The van der Waals surface area contributed by atoms with Crippen LogP contribution in [0.1, 0.15) is 31.2 Å². The molecule has 16 heavy (non-hydrogen) atoms. The molecular weight excluding hydrogens is 202 g/mol. The fraction of sp³-hybridized carbons (Fsp3) is 0.417. The maximum Gasteiger partial charge on any atom is 0.142 e. The van der Waals surface area contributed by atoms with Gasteiger partial charge in [0.1, 0.15) is 11.9 Å². The lowest BCUT2D eigenvalue weighted by Crippen LogP contribution is -2.14. The molecule has 1 atom stereocenters. The van der Waals surface area contributed by atoms with Gasteiger partial charge in [-0.05, 0) is 31.4 Å². The quantitative estimate of drug-likeness (QED) is 0.796. The first kappa shape index (κ1) is 9.66. The van der Waals surface area contributed by atoms with Crippen molar-refractivity contribution in [3.8, 4) is 0 Å². The van der Waals surface area contributed by atoms with Crippen LogP contribution in [0, 0.1) is 0 Å². The average Bonchev–Trinajstić information content (AvgIpc) is 2.73. The minimum atomic E-state index is 0.123. The second-order valence-electron chi connectivity index (χ2n) is 4.23. The summed E-state index contributed by atoms with van der Waals surface area (Å²) in [5.74, 6) is 0.974.